The number of nitrogens with zero attached hydrogens (tertiary/aromatic N) is 1. The van der Waals surface area contributed by atoms with Gasteiger partial charge in [-0.2, -0.15) is 0 Å². The van der Waals surface area contributed by atoms with Gasteiger partial charge in [-0.05, 0) is 57.5 Å². The Hall–Kier alpha value is -0.930. The Morgan fingerprint density at radius 3 is 2.65 bits per heavy atom. The van der Waals surface area contributed by atoms with Crippen LogP contribution >= 0.6 is 0 Å². The van der Waals surface area contributed by atoms with Gasteiger partial charge in [0.15, 0.2) is 0 Å². The molecule has 1 aromatic carbocycles. The first-order valence-corrected chi connectivity index (χ1v) is 6.42. The van der Waals surface area contributed by atoms with Gasteiger partial charge in [0.1, 0.15) is 5.82 Å². The Morgan fingerprint density at radius 2 is 2.06 bits per heavy atom. The fraction of sp³-hybridized carbons (Fsp3) is 0.571. The normalized spacial score (nSPS) is 18.5. The Kier molecular flexibility index (Phi) is 4.13. The fourth-order valence-corrected chi connectivity index (χ4v) is 2.65. The average Bonchev–Trinajstić information content (AvgIpc) is 2.80. The first-order chi connectivity index (χ1) is 8.22. The van der Waals surface area contributed by atoms with E-state index in [4.69, 9.17) is 5.73 Å². The third kappa shape index (κ3) is 2.85. The van der Waals surface area contributed by atoms with Crippen molar-refractivity contribution in [2.45, 2.75) is 32.2 Å². The summed E-state index contributed by atoms with van der Waals surface area (Å²) in [7, 11) is 0. The molecule has 0 aliphatic carbocycles. The molecule has 1 aromatic rings. The molecule has 0 amide bonds. The molecular formula is C14H21FN2. The first kappa shape index (κ1) is 12.5. The van der Waals surface area contributed by atoms with E-state index in [9.17, 15) is 4.39 Å². The lowest BCUT2D eigenvalue weighted by atomic mass is 10.0. The van der Waals surface area contributed by atoms with Crippen LogP contribution in [0.1, 0.15) is 36.4 Å². The SMILES string of the molecule is Cc1ccc(C(CCN)N2CCCC2)c(F)c1. The van der Waals surface area contributed by atoms with E-state index >= 15 is 0 Å². The van der Waals surface area contributed by atoms with Crippen molar-refractivity contribution in [2.75, 3.05) is 19.6 Å². The van der Waals surface area contributed by atoms with Crippen LogP contribution in [0.25, 0.3) is 0 Å². The number of nitrogens with two attached hydrogens (primary N) is 1. The van der Waals surface area contributed by atoms with Crippen molar-refractivity contribution >= 4 is 0 Å². The van der Waals surface area contributed by atoms with Crippen molar-refractivity contribution in [3.63, 3.8) is 0 Å². The molecule has 0 radical (unpaired) electrons. The van der Waals surface area contributed by atoms with Gasteiger partial charge in [0.05, 0.1) is 0 Å². The lowest BCUT2D eigenvalue weighted by Crippen LogP contribution is -2.28. The number of hydrogen-bond donors (Lipinski definition) is 1. The summed E-state index contributed by atoms with van der Waals surface area (Å²) in [5, 5.41) is 0. The highest BCUT2D eigenvalue weighted by Crippen LogP contribution is 2.29. The topological polar surface area (TPSA) is 29.3 Å². The number of halogens is 1. The number of rotatable bonds is 4. The molecule has 1 aliphatic rings. The minimum Gasteiger partial charge on any atom is -0.330 e. The summed E-state index contributed by atoms with van der Waals surface area (Å²) in [6.45, 7) is 4.66. The van der Waals surface area contributed by atoms with E-state index in [2.05, 4.69) is 4.90 Å². The molecule has 2 nitrogen and oxygen atoms in total. The molecule has 94 valence electrons. The molecule has 1 atom stereocenters. The molecule has 1 fully saturated rings. The quantitative estimate of drug-likeness (QED) is 0.870. The Morgan fingerprint density at radius 1 is 1.35 bits per heavy atom. The van der Waals surface area contributed by atoms with Crippen molar-refractivity contribution in [3.8, 4) is 0 Å². The largest absolute Gasteiger partial charge is 0.330 e. The second-order valence-corrected chi connectivity index (χ2v) is 4.86. The Balaban J connectivity index is 2.24. The van der Waals surface area contributed by atoms with Gasteiger partial charge in [-0.3, -0.25) is 4.90 Å². The molecule has 1 unspecified atom stereocenters. The van der Waals surface area contributed by atoms with Crippen LogP contribution in [-0.2, 0) is 0 Å². The first-order valence-electron chi connectivity index (χ1n) is 6.42. The third-order valence-electron chi connectivity index (χ3n) is 3.54. The maximum Gasteiger partial charge on any atom is 0.128 e. The van der Waals surface area contributed by atoms with Crippen molar-refractivity contribution in [1.29, 1.82) is 0 Å². The molecular weight excluding hydrogens is 215 g/mol. The zero-order valence-electron chi connectivity index (χ0n) is 10.5. The molecule has 3 heteroatoms. The van der Waals surface area contributed by atoms with Crippen molar-refractivity contribution in [1.82, 2.24) is 4.90 Å². The second-order valence-electron chi connectivity index (χ2n) is 4.86. The maximum atomic E-state index is 14.0. The number of aryl methyl sites for hydroxylation is 1. The van der Waals surface area contributed by atoms with Crippen LogP contribution in [0.2, 0.25) is 0 Å². The van der Waals surface area contributed by atoms with Gasteiger partial charge in [-0.25, -0.2) is 4.39 Å². The minimum atomic E-state index is -0.0876. The van der Waals surface area contributed by atoms with E-state index < -0.39 is 0 Å². The lowest BCUT2D eigenvalue weighted by Gasteiger charge is -2.28. The summed E-state index contributed by atoms with van der Waals surface area (Å²) >= 11 is 0. The monoisotopic (exact) mass is 236 g/mol. The smallest absolute Gasteiger partial charge is 0.128 e. The summed E-state index contributed by atoms with van der Waals surface area (Å²) in [5.74, 6) is -0.0876. The molecule has 1 heterocycles. The Labute approximate surface area is 103 Å². The van der Waals surface area contributed by atoms with Crippen LogP contribution < -0.4 is 5.73 Å². The standard InChI is InChI=1S/C14H21FN2/c1-11-4-5-12(13(15)10-11)14(6-7-16)17-8-2-3-9-17/h4-5,10,14H,2-3,6-9,16H2,1H3. The molecule has 0 saturated carbocycles. The second kappa shape index (κ2) is 5.61. The van der Waals surface area contributed by atoms with E-state index in [0.717, 1.165) is 30.6 Å². The number of benzene rings is 1. The summed E-state index contributed by atoms with van der Waals surface area (Å²) in [6.07, 6.45) is 3.27. The van der Waals surface area contributed by atoms with Crippen LogP contribution in [0.5, 0.6) is 0 Å². The van der Waals surface area contributed by atoms with E-state index in [1.165, 1.54) is 12.8 Å². The fourth-order valence-electron chi connectivity index (χ4n) is 2.65. The highest BCUT2D eigenvalue weighted by atomic mass is 19.1. The van der Waals surface area contributed by atoms with Gasteiger partial charge < -0.3 is 5.73 Å². The average molecular weight is 236 g/mol. The van der Waals surface area contributed by atoms with Crippen molar-refractivity contribution in [2.24, 2.45) is 5.73 Å². The summed E-state index contributed by atoms with van der Waals surface area (Å²) in [5.41, 5.74) is 7.44. The maximum absolute atomic E-state index is 14.0. The van der Waals surface area contributed by atoms with E-state index in [1.54, 1.807) is 6.07 Å². The van der Waals surface area contributed by atoms with Gasteiger partial charge in [-0.1, -0.05) is 12.1 Å². The van der Waals surface area contributed by atoms with Gasteiger partial charge in [0, 0.05) is 11.6 Å². The molecule has 2 N–H and O–H groups in total. The predicted octanol–water partition coefficient (Wildman–Crippen LogP) is 2.62. The van der Waals surface area contributed by atoms with Crippen LogP contribution in [0.4, 0.5) is 4.39 Å². The molecule has 1 saturated heterocycles. The molecule has 0 aromatic heterocycles. The predicted molar refractivity (Wildman–Crippen MR) is 68.4 cm³/mol. The molecule has 17 heavy (non-hydrogen) atoms. The molecule has 2 rings (SSSR count). The summed E-state index contributed by atoms with van der Waals surface area (Å²) in [6, 6.07) is 5.68. The highest BCUT2D eigenvalue weighted by Gasteiger charge is 2.24. The number of likely N-dealkylation sites (tertiary alicyclic amines) is 1. The van der Waals surface area contributed by atoms with E-state index in [1.807, 2.05) is 19.1 Å². The van der Waals surface area contributed by atoms with Gasteiger partial charge in [-0.15, -0.1) is 0 Å². The van der Waals surface area contributed by atoms with Crippen LogP contribution in [0, 0.1) is 12.7 Å². The van der Waals surface area contributed by atoms with E-state index in [-0.39, 0.29) is 11.9 Å². The van der Waals surface area contributed by atoms with Crippen molar-refractivity contribution < 1.29 is 4.39 Å². The van der Waals surface area contributed by atoms with E-state index in [0.29, 0.717) is 6.54 Å². The van der Waals surface area contributed by atoms with Gasteiger partial charge in [0.2, 0.25) is 0 Å². The highest BCUT2D eigenvalue weighted by molar-refractivity contribution is 5.26. The van der Waals surface area contributed by atoms with Gasteiger partial charge in [0.25, 0.3) is 0 Å². The third-order valence-corrected chi connectivity index (χ3v) is 3.54. The minimum absolute atomic E-state index is 0.0876. The van der Waals surface area contributed by atoms with Crippen molar-refractivity contribution in [3.05, 3.63) is 35.1 Å². The molecule has 1 aliphatic heterocycles. The van der Waals surface area contributed by atoms with Crippen LogP contribution in [0.15, 0.2) is 18.2 Å². The lowest BCUT2D eigenvalue weighted by molar-refractivity contribution is 0.231. The zero-order valence-corrected chi connectivity index (χ0v) is 10.5. The summed E-state index contributed by atoms with van der Waals surface area (Å²) in [4.78, 5) is 2.36. The Bertz CT molecular complexity index is 372. The van der Waals surface area contributed by atoms with Crippen LogP contribution in [0.3, 0.4) is 0 Å². The van der Waals surface area contributed by atoms with Gasteiger partial charge >= 0.3 is 0 Å². The molecule has 0 bridgehead atoms. The zero-order chi connectivity index (χ0) is 12.3. The van der Waals surface area contributed by atoms with Crippen LogP contribution in [-0.4, -0.2) is 24.5 Å². The number of hydrogen-bond acceptors (Lipinski definition) is 2. The summed E-state index contributed by atoms with van der Waals surface area (Å²) < 4.78 is 14.0. The molecule has 0 spiro atoms.